The molecular formula is C35H52O6. The second-order valence-corrected chi connectivity index (χ2v) is 10.9. The minimum Gasteiger partial charge on any atom is -0.460 e. The molecule has 0 N–H and O–H groups in total. The van der Waals surface area contributed by atoms with Gasteiger partial charge >= 0.3 is 11.9 Å². The molecule has 3 rings (SSSR count). The molecule has 0 amide bonds. The second-order valence-electron chi connectivity index (χ2n) is 10.9. The van der Waals surface area contributed by atoms with Crippen molar-refractivity contribution < 1.29 is 28.5 Å². The normalized spacial score (nSPS) is 20.4. The molecular weight excluding hydrogens is 516 g/mol. The molecule has 228 valence electrons. The van der Waals surface area contributed by atoms with Gasteiger partial charge in [0.2, 0.25) is 0 Å². The summed E-state index contributed by atoms with van der Waals surface area (Å²) >= 11 is 0. The molecule has 1 aromatic carbocycles. The summed E-state index contributed by atoms with van der Waals surface area (Å²) in [6.07, 6.45) is 22.8. The molecule has 6 heteroatoms. The molecule has 1 fully saturated rings. The minimum absolute atomic E-state index is 0.204. The van der Waals surface area contributed by atoms with Crippen LogP contribution in [0.3, 0.4) is 0 Å². The molecule has 4 atom stereocenters. The van der Waals surface area contributed by atoms with E-state index in [2.05, 4.69) is 44.2 Å². The number of carbonyl (C=O) groups is 2. The quantitative estimate of drug-likeness (QED) is 0.157. The molecule has 1 aliphatic heterocycles. The molecule has 0 bridgehead atoms. The summed E-state index contributed by atoms with van der Waals surface area (Å²) in [7, 11) is 1.53. The van der Waals surface area contributed by atoms with Crippen LogP contribution in [-0.2, 0) is 30.2 Å². The second kappa shape index (κ2) is 20.2. The average Bonchev–Trinajstić information content (AvgIpc) is 3.18. The highest BCUT2D eigenvalue weighted by molar-refractivity contribution is 5.89. The van der Waals surface area contributed by atoms with Gasteiger partial charge in [0.25, 0.3) is 0 Å². The Labute approximate surface area is 248 Å². The summed E-state index contributed by atoms with van der Waals surface area (Å²) in [5.41, 5.74) is 3.22. The maximum atomic E-state index is 12.5. The van der Waals surface area contributed by atoms with Gasteiger partial charge in [-0.05, 0) is 62.3 Å². The van der Waals surface area contributed by atoms with Crippen molar-refractivity contribution in [3.05, 3.63) is 71.3 Å². The van der Waals surface area contributed by atoms with Gasteiger partial charge in [-0.1, -0.05) is 94.9 Å². The number of unbranched alkanes of at least 4 members (excludes halogenated alkanes) is 6. The lowest BCUT2D eigenvalue weighted by molar-refractivity contribution is -0.155. The lowest BCUT2D eigenvalue weighted by Gasteiger charge is -2.25. The van der Waals surface area contributed by atoms with Gasteiger partial charge in [-0.3, -0.25) is 4.79 Å². The molecule has 1 heterocycles. The van der Waals surface area contributed by atoms with E-state index in [0.29, 0.717) is 5.56 Å². The minimum atomic E-state index is -0.547. The van der Waals surface area contributed by atoms with E-state index in [0.717, 1.165) is 19.3 Å². The fourth-order valence-electron chi connectivity index (χ4n) is 5.04. The van der Waals surface area contributed by atoms with Crippen LogP contribution in [0, 0.1) is 0 Å². The highest BCUT2D eigenvalue weighted by Gasteiger charge is 2.44. The van der Waals surface area contributed by atoms with Crippen molar-refractivity contribution in [3.8, 4) is 0 Å². The maximum Gasteiger partial charge on any atom is 0.338 e. The summed E-state index contributed by atoms with van der Waals surface area (Å²) in [5.74, 6) is -0.796. The monoisotopic (exact) mass is 568 g/mol. The molecule has 0 radical (unpaired) electrons. The predicted molar refractivity (Wildman–Crippen MR) is 165 cm³/mol. The molecule has 41 heavy (non-hydrogen) atoms. The van der Waals surface area contributed by atoms with Crippen LogP contribution in [0.1, 0.15) is 108 Å². The summed E-state index contributed by atoms with van der Waals surface area (Å²) in [4.78, 5) is 23.7. The van der Waals surface area contributed by atoms with Crippen molar-refractivity contribution in [2.45, 2.75) is 123 Å². The van der Waals surface area contributed by atoms with E-state index < -0.39 is 30.4 Å². The summed E-state index contributed by atoms with van der Waals surface area (Å²) in [5, 5.41) is 0. The van der Waals surface area contributed by atoms with Crippen molar-refractivity contribution >= 4 is 11.9 Å². The molecule has 0 aromatic heterocycles. The molecule has 0 spiro atoms. The highest BCUT2D eigenvalue weighted by Crippen LogP contribution is 2.25. The Bertz CT molecular complexity index is 977. The van der Waals surface area contributed by atoms with Crippen molar-refractivity contribution in [2.24, 2.45) is 0 Å². The zero-order valence-corrected chi connectivity index (χ0v) is 25.9. The van der Waals surface area contributed by atoms with Crippen molar-refractivity contribution in [1.82, 2.24) is 0 Å². The topological polar surface area (TPSA) is 71.1 Å². The molecule has 1 saturated heterocycles. The largest absolute Gasteiger partial charge is 0.460 e. The Morgan fingerprint density at radius 2 is 1.63 bits per heavy atom. The van der Waals surface area contributed by atoms with Crippen LogP contribution in [0.5, 0.6) is 0 Å². The Morgan fingerprint density at radius 1 is 0.951 bits per heavy atom. The molecule has 1 aromatic rings. The Kier molecular flexibility index (Phi) is 17.0. The number of hydrogen-bond acceptors (Lipinski definition) is 6. The van der Waals surface area contributed by atoms with E-state index in [1.165, 1.54) is 76.5 Å². The lowest BCUT2D eigenvalue weighted by Crippen LogP contribution is -2.42. The van der Waals surface area contributed by atoms with Crippen molar-refractivity contribution in [3.63, 3.8) is 0 Å². The van der Waals surface area contributed by atoms with Crippen LogP contribution >= 0.6 is 0 Å². The van der Waals surface area contributed by atoms with E-state index >= 15 is 0 Å². The van der Waals surface area contributed by atoms with Gasteiger partial charge in [0.15, 0.2) is 6.10 Å². The fourth-order valence-corrected chi connectivity index (χ4v) is 5.04. The standard InChI is InChI=1S/C22H32O6.C13H20/c1-5-6-7-8-9-17-10-12-18(13-11-17)22(24)28-19-14-26-20(21(19)25-4)15(2)27-16(3)23;1-2-3-4-7-10-13-11-8-5-6-9-12-13/h10-13,15,19-21H,5-9,14H2,1-4H3;5,8-9,11-12H,2-4,6-7,10H2,1H3/t15-,19?,20?,21?;/m0./s1. The van der Waals surface area contributed by atoms with E-state index in [1.54, 1.807) is 19.1 Å². The number of benzene rings is 1. The van der Waals surface area contributed by atoms with Crippen LogP contribution in [0.15, 0.2) is 60.2 Å². The van der Waals surface area contributed by atoms with E-state index in [4.69, 9.17) is 18.9 Å². The average molecular weight is 569 g/mol. The Hall–Kier alpha value is -2.70. The smallest absolute Gasteiger partial charge is 0.338 e. The third-order valence-corrected chi connectivity index (χ3v) is 7.37. The van der Waals surface area contributed by atoms with Gasteiger partial charge in [-0.25, -0.2) is 4.79 Å². The number of esters is 2. The number of aryl methyl sites for hydroxylation is 1. The SMILES string of the molecule is CCCCCCC1=CC=CCC=C1.CCCCCCc1ccc(C(=O)OC2COC([C@H](C)OC(C)=O)C2OC)cc1. The molecule has 3 unspecified atom stereocenters. The third-order valence-electron chi connectivity index (χ3n) is 7.37. The Balaban J connectivity index is 0.000000377. The first-order valence-corrected chi connectivity index (χ1v) is 15.5. The van der Waals surface area contributed by atoms with Gasteiger partial charge in [-0.2, -0.15) is 0 Å². The van der Waals surface area contributed by atoms with Crippen molar-refractivity contribution in [2.75, 3.05) is 13.7 Å². The molecule has 2 aliphatic rings. The first-order valence-electron chi connectivity index (χ1n) is 15.5. The lowest BCUT2D eigenvalue weighted by atomic mass is 10.0. The third kappa shape index (κ3) is 13.2. The number of hydrogen-bond donors (Lipinski definition) is 0. The van der Waals surface area contributed by atoms with Gasteiger partial charge in [-0.15, -0.1) is 0 Å². The van der Waals surface area contributed by atoms with E-state index in [-0.39, 0.29) is 12.6 Å². The maximum absolute atomic E-state index is 12.5. The van der Waals surface area contributed by atoms with Crippen LogP contribution in [0.25, 0.3) is 0 Å². The van der Waals surface area contributed by atoms with Crippen LogP contribution in [0.2, 0.25) is 0 Å². The van der Waals surface area contributed by atoms with Crippen LogP contribution < -0.4 is 0 Å². The molecule has 0 saturated carbocycles. The van der Waals surface area contributed by atoms with Crippen LogP contribution in [-0.4, -0.2) is 50.1 Å². The number of allylic oxidation sites excluding steroid dienone is 6. The van der Waals surface area contributed by atoms with E-state index in [1.807, 2.05) is 12.1 Å². The zero-order valence-electron chi connectivity index (χ0n) is 25.9. The van der Waals surface area contributed by atoms with E-state index in [9.17, 15) is 9.59 Å². The zero-order chi connectivity index (χ0) is 29.9. The van der Waals surface area contributed by atoms with Gasteiger partial charge in [0.1, 0.15) is 18.3 Å². The number of carbonyl (C=O) groups excluding carboxylic acids is 2. The van der Waals surface area contributed by atoms with Gasteiger partial charge < -0.3 is 18.9 Å². The molecule has 6 nitrogen and oxygen atoms in total. The summed E-state index contributed by atoms with van der Waals surface area (Å²) < 4.78 is 21.9. The summed E-state index contributed by atoms with van der Waals surface area (Å²) in [6, 6.07) is 7.56. The summed E-state index contributed by atoms with van der Waals surface area (Å²) in [6.45, 7) is 7.74. The predicted octanol–water partition coefficient (Wildman–Crippen LogP) is 8.10. The van der Waals surface area contributed by atoms with Crippen molar-refractivity contribution in [1.29, 1.82) is 0 Å². The fraction of sp³-hybridized carbons (Fsp3) is 0.600. The van der Waals surface area contributed by atoms with Gasteiger partial charge in [0, 0.05) is 14.0 Å². The van der Waals surface area contributed by atoms with Crippen LogP contribution in [0.4, 0.5) is 0 Å². The molecule has 1 aliphatic carbocycles. The highest BCUT2D eigenvalue weighted by atomic mass is 16.6. The first kappa shape index (κ1) is 34.5. The number of methoxy groups -OCH3 is 1. The first-order chi connectivity index (χ1) is 19.9. The van der Waals surface area contributed by atoms with Gasteiger partial charge in [0.05, 0.1) is 12.2 Å². The Morgan fingerprint density at radius 3 is 2.27 bits per heavy atom. The number of ether oxygens (including phenoxy) is 4. The number of rotatable bonds is 15.